The van der Waals surface area contributed by atoms with Crippen LogP contribution in [0.5, 0.6) is 0 Å². The van der Waals surface area contributed by atoms with E-state index in [1.165, 1.54) is 0 Å². The molecule has 0 aliphatic rings. The van der Waals surface area contributed by atoms with Gasteiger partial charge in [-0.3, -0.25) is 10.4 Å². The predicted octanol–water partition coefficient (Wildman–Crippen LogP) is 1.03. The molecule has 0 atom stereocenters. The lowest BCUT2D eigenvalue weighted by atomic mass is 10.3. The summed E-state index contributed by atoms with van der Waals surface area (Å²) in [7, 11) is 0. The van der Waals surface area contributed by atoms with Crippen LogP contribution >= 0.6 is 0 Å². The average Bonchev–Trinajstić information content (AvgIpc) is 2.80. The third kappa shape index (κ3) is 4.84. The van der Waals surface area contributed by atoms with Crippen LogP contribution in [-0.2, 0) is 6.42 Å². The number of nitrogens with one attached hydrogen (secondary N) is 2. The Balaban J connectivity index is 2.20. The number of aliphatic imine (C=N–C) groups is 1. The average molecular weight is 224 g/mol. The second-order valence-corrected chi connectivity index (χ2v) is 3.48. The van der Waals surface area contributed by atoms with Gasteiger partial charge in [0.2, 0.25) is 5.96 Å². The zero-order valence-electron chi connectivity index (χ0n) is 9.70. The van der Waals surface area contributed by atoms with E-state index in [-0.39, 0.29) is 0 Å². The smallest absolute Gasteiger partial charge is 0.205 e. The summed E-state index contributed by atoms with van der Waals surface area (Å²) in [5, 5.41) is 3.12. The van der Waals surface area contributed by atoms with E-state index in [0.717, 1.165) is 38.1 Å². The van der Waals surface area contributed by atoms with E-state index in [2.05, 4.69) is 22.7 Å². The largest absolute Gasteiger partial charge is 0.469 e. The highest BCUT2D eigenvalue weighted by molar-refractivity contribution is 5.79. The number of hydrazine groups is 1. The monoisotopic (exact) mass is 224 g/mol. The molecule has 1 aromatic heterocycles. The molecule has 1 aromatic rings. The highest BCUT2D eigenvalue weighted by Gasteiger charge is 1.97. The molecule has 0 bridgehead atoms. The normalized spacial score (nSPS) is 11.5. The highest BCUT2D eigenvalue weighted by Crippen LogP contribution is 1.99. The molecule has 0 radical (unpaired) electrons. The molecule has 5 nitrogen and oxygen atoms in total. The Labute approximate surface area is 96.1 Å². The molecule has 0 aliphatic heterocycles. The Hall–Kier alpha value is -1.49. The van der Waals surface area contributed by atoms with Gasteiger partial charge >= 0.3 is 0 Å². The molecule has 0 saturated carbocycles. The SMILES string of the molecule is CCCCN=C(NN)NCCc1ccco1. The summed E-state index contributed by atoms with van der Waals surface area (Å²) in [6.07, 6.45) is 4.70. The van der Waals surface area contributed by atoms with Crippen LogP contribution in [-0.4, -0.2) is 19.0 Å². The Bertz CT molecular complexity index is 295. The van der Waals surface area contributed by atoms with Gasteiger partial charge in [-0.1, -0.05) is 13.3 Å². The summed E-state index contributed by atoms with van der Waals surface area (Å²) in [5.74, 6) is 6.94. The first-order chi connectivity index (χ1) is 7.86. The summed E-state index contributed by atoms with van der Waals surface area (Å²) < 4.78 is 5.22. The summed E-state index contributed by atoms with van der Waals surface area (Å²) in [4.78, 5) is 4.29. The van der Waals surface area contributed by atoms with Gasteiger partial charge < -0.3 is 9.73 Å². The topological polar surface area (TPSA) is 75.6 Å². The number of rotatable bonds is 6. The predicted molar refractivity (Wildman–Crippen MR) is 64.9 cm³/mol. The van der Waals surface area contributed by atoms with Crippen molar-refractivity contribution in [3.63, 3.8) is 0 Å². The van der Waals surface area contributed by atoms with Crippen LogP contribution < -0.4 is 16.6 Å². The van der Waals surface area contributed by atoms with Gasteiger partial charge in [-0.15, -0.1) is 0 Å². The van der Waals surface area contributed by atoms with Gasteiger partial charge in [-0.2, -0.15) is 0 Å². The molecule has 0 unspecified atom stereocenters. The zero-order valence-corrected chi connectivity index (χ0v) is 9.70. The summed E-state index contributed by atoms with van der Waals surface area (Å²) in [6.45, 7) is 3.68. The molecule has 0 aromatic carbocycles. The molecule has 16 heavy (non-hydrogen) atoms. The summed E-state index contributed by atoms with van der Waals surface area (Å²) >= 11 is 0. The zero-order chi connectivity index (χ0) is 11.6. The fourth-order valence-corrected chi connectivity index (χ4v) is 1.26. The molecular weight excluding hydrogens is 204 g/mol. The van der Waals surface area contributed by atoms with Crippen molar-refractivity contribution in [1.29, 1.82) is 0 Å². The van der Waals surface area contributed by atoms with Crippen LogP contribution in [0.2, 0.25) is 0 Å². The van der Waals surface area contributed by atoms with E-state index in [0.29, 0.717) is 5.96 Å². The Morgan fingerprint density at radius 2 is 2.44 bits per heavy atom. The van der Waals surface area contributed by atoms with E-state index in [1.54, 1.807) is 6.26 Å². The Kier molecular flexibility index (Phi) is 6.10. The number of nitrogens with zero attached hydrogens (tertiary/aromatic N) is 1. The molecule has 0 fully saturated rings. The van der Waals surface area contributed by atoms with Gasteiger partial charge in [0.1, 0.15) is 5.76 Å². The van der Waals surface area contributed by atoms with E-state index in [1.807, 2.05) is 12.1 Å². The quantitative estimate of drug-likeness (QED) is 0.222. The number of unbranched alkanes of at least 4 members (excludes halogenated alkanes) is 1. The van der Waals surface area contributed by atoms with Crippen molar-refractivity contribution < 1.29 is 4.42 Å². The van der Waals surface area contributed by atoms with Crippen LogP contribution in [0.15, 0.2) is 27.8 Å². The second-order valence-electron chi connectivity index (χ2n) is 3.48. The molecule has 90 valence electrons. The molecule has 5 heteroatoms. The molecular formula is C11H20N4O. The Morgan fingerprint density at radius 3 is 3.06 bits per heavy atom. The van der Waals surface area contributed by atoms with Gasteiger partial charge in [0, 0.05) is 19.5 Å². The van der Waals surface area contributed by atoms with E-state index >= 15 is 0 Å². The van der Waals surface area contributed by atoms with Crippen LogP contribution in [0.4, 0.5) is 0 Å². The first kappa shape index (κ1) is 12.6. The first-order valence-electron chi connectivity index (χ1n) is 5.64. The molecule has 0 spiro atoms. The maximum Gasteiger partial charge on any atom is 0.205 e. The minimum atomic E-state index is 0.639. The summed E-state index contributed by atoms with van der Waals surface area (Å²) in [5.41, 5.74) is 2.55. The van der Waals surface area contributed by atoms with Gasteiger partial charge in [-0.25, -0.2) is 5.84 Å². The molecule has 1 rings (SSSR count). The van der Waals surface area contributed by atoms with Crippen molar-refractivity contribution in [3.05, 3.63) is 24.2 Å². The van der Waals surface area contributed by atoms with Crippen LogP contribution in [0.3, 0.4) is 0 Å². The van der Waals surface area contributed by atoms with Gasteiger partial charge in [-0.05, 0) is 18.6 Å². The number of nitrogens with two attached hydrogens (primary N) is 1. The van der Waals surface area contributed by atoms with Crippen molar-refractivity contribution in [3.8, 4) is 0 Å². The van der Waals surface area contributed by atoms with Crippen molar-refractivity contribution in [2.45, 2.75) is 26.2 Å². The number of hydrogen-bond donors (Lipinski definition) is 3. The number of hydrogen-bond acceptors (Lipinski definition) is 3. The number of guanidine groups is 1. The van der Waals surface area contributed by atoms with E-state index in [4.69, 9.17) is 10.3 Å². The molecule has 1 heterocycles. The third-order valence-corrected chi connectivity index (χ3v) is 2.16. The standard InChI is InChI=1S/C11H20N4O/c1-2-3-7-13-11(15-12)14-8-6-10-5-4-9-16-10/h4-5,9H,2-3,6-8,12H2,1H3,(H2,13,14,15). The first-order valence-corrected chi connectivity index (χ1v) is 5.64. The van der Waals surface area contributed by atoms with E-state index in [9.17, 15) is 0 Å². The fourth-order valence-electron chi connectivity index (χ4n) is 1.26. The second kappa shape index (κ2) is 7.76. The minimum Gasteiger partial charge on any atom is -0.469 e. The maximum absolute atomic E-state index is 5.35. The van der Waals surface area contributed by atoms with Crippen LogP contribution in [0.1, 0.15) is 25.5 Å². The lowest BCUT2D eigenvalue weighted by Crippen LogP contribution is -2.42. The van der Waals surface area contributed by atoms with Gasteiger partial charge in [0.15, 0.2) is 0 Å². The van der Waals surface area contributed by atoms with Crippen molar-refractivity contribution >= 4 is 5.96 Å². The lowest BCUT2D eigenvalue weighted by molar-refractivity contribution is 0.507. The van der Waals surface area contributed by atoms with Crippen LogP contribution in [0.25, 0.3) is 0 Å². The van der Waals surface area contributed by atoms with E-state index < -0.39 is 0 Å². The van der Waals surface area contributed by atoms with Crippen molar-refractivity contribution in [2.24, 2.45) is 10.8 Å². The van der Waals surface area contributed by atoms with Gasteiger partial charge in [0.05, 0.1) is 6.26 Å². The number of furan rings is 1. The maximum atomic E-state index is 5.35. The molecule has 0 saturated heterocycles. The fraction of sp³-hybridized carbons (Fsp3) is 0.545. The van der Waals surface area contributed by atoms with Crippen molar-refractivity contribution in [2.75, 3.05) is 13.1 Å². The minimum absolute atomic E-state index is 0.639. The van der Waals surface area contributed by atoms with Gasteiger partial charge in [0.25, 0.3) is 0 Å². The third-order valence-electron chi connectivity index (χ3n) is 2.16. The lowest BCUT2D eigenvalue weighted by Gasteiger charge is -2.07. The molecule has 4 N–H and O–H groups in total. The molecule has 0 amide bonds. The van der Waals surface area contributed by atoms with Crippen molar-refractivity contribution in [1.82, 2.24) is 10.7 Å². The summed E-state index contributed by atoms with van der Waals surface area (Å²) in [6, 6.07) is 3.83. The van der Waals surface area contributed by atoms with Crippen LogP contribution in [0, 0.1) is 0 Å². The highest BCUT2D eigenvalue weighted by atomic mass is 16.3. The molecule has 0 aliphatic carbocycles. The Morgan fingerprint density at radius 1 is 1.56 bits per heavy atom.